The van der Waals surface area contributed by atoms with Gasteiger partial charge in [0.25, 0.3) is 0 Å². The van der Waals surface area contributed by atoms with E-state index in [9.17, 15) is 4.79 Å². The molecule has 27 heavy (non-hydrogen) atoms. The first kappa shape index (κ1) is 19.5. The van der Waals surface area contributed by atoms with Gasteiger partial charge in [-0.3, -0.25) is 4.79 Å². The van der Waals surface area contributed by atoms with Gasteiger partial charge in [0.1, 0.15) is 11.5 Å². The molecule has 1 aliphatic rings. The molecule has 0 saturated heterocycles. The zero-order valence-electron chi connectivity index (χ0n) is 15.9. The Morgan fingerprint density at radius 3 is 2.63 bits per heavy atom. The van der Waals surface area contributed by atoms with Crippen molar-refractivity contribution in [1.82, 2.24) is 0 Å². The second kappa shape index (κ2) is 8.19. The smallest absolute Gasteiger partial charge is 0.244 e. The number of carbonyl (C=O) groups is 1. The number of hydrogen-bond acceptors (Lipinski definition) is 4. The number of aryl methyl sites for hydroxylation is 2. The first-order valence-electron chi connectivity index (χ1n) is 9.01. The maximum absolute atomic E-state index is 13.1. The fourth-order valence-electron chi connectivity index (χ4n) is 3.56. The standard InChI is InChI=1S/C21H25ClN2O3/c1-13-9-16(27-3)11-18(22)17(13)12-19(23)21(25)24-8-4-5-14-10-15(26-2)6-7-20(14)24/h6-7,9-11,19H,4-5,8,12,23H2,1-3H3. The summed E-state index contributed by atoms with van der Waals surface area (Å²) >= 11 is 6.39. The molecule has 0 radical (unpaired) electrons. The van der Waals surface area contributed by atoms with Crippen molar-refractivity contribution in [2.75, 3.05) is 25.7 Å². The molecule has 0 spiro atoms. The highest BCUT2D eigenvalue weighted by atomic mass is 35.5. The van der Waals surface area contributed by atoms with Gasteiger partial charge in [0.2, 0.25) is 5.91 Å². The molecular weight excluding hydrogens is 364 g/mol. The van der Waals surface area contributed by atoms with Crippen LogP contribution in [0.2, 0.25) is 5.02 Å². The lowest BCUT2D eigenvalue weighted by Gasteiger charge is -2.32. The van der Waals surface area contributed by atoms with E-state index in [-0.39, 0.29) is 5.91 Å². The van der Waals surface area contributed by atoms with E-state index < -0.39 is 6.04 Å². The number of amides is 1. The number of hydrogen-bond donors (Lipinski definition) is 1. The molecule has 3 rings (SSSR count). The molecular formula is C21H25ClN2O3. The Morgan fingerprint density at radius 2 is 1.96 bits per heavy atom. The van der Waals surface area contributed by atoms with Crippen molar-refractivity contribution in [2.45, 2.75) is 32.2 Å². The third kappa shape index (κ3) is 4.04. The quantitative estimate of drug-likeness (QED) is 0.851. The summed E-state index contributed by atoms with van der Waals surface area (Å²) in [6.45, 7) is 2.62. The van der Waals surface area contributed by atoms with Gasteiger partial charge in [-0.1, -0.05) is 11.6 Å². The van der Waals surface area contributed by atoms with Crippen LogP contribution in [0.3, 0.4) is 0 Å². The molecule has 0 aromatic heterocycles. The van der Waals surface area contributed by atoms with Crippen LogP contribution in [0, 0.1) is 6.92 Å². The predicted molar refractivity (Wildman–Crippen MR) is 108 cm³/mol. The largest absolute Gasteiger partial charge is 0.497 e. The number of nitrogens with two attached hydrogens (primary N) is 1. The fourth-order valence-corrected chi connectivity index (χ4v) is 3.89. The van der Waals surface area contributed by atoms with Crippen LogP contribution in [0.15, 0.2) is 30.3 Å². The molecule has 0 aliphatic carbocycles. The average Bonchev–Trinajstić information content (AvgIpc) is 2.68. The van der Waals surface area contributed by atoms with Crippen LogP contribution in [0.4, 0.5) is 5.69 Å². The van der Waals surface area contributed by atoms with Gasteiger partial charge >= 0.3 is 0 Å². The van der Waals surface area contributed by atoms with Gasteiger partial charge in [0, 0.05) is 17.3 Å². The Bertz CT molecular complexity index is 830. The van der Waals surface area contributed by atoms with Crippen LogP contribution in [-0.4, -0.2) is 32.7 Å². The number of carbonyl (C=O) groups excluding carboxylic acids is 1. The second-order valence-electron chi connectivity index (χ2n) is 6.80. The Labute approximate surface area is 165 Å². The van der Waals surface area contributed by atoms with Crippen molar-refractivity contribution in [1.29, 1.82) is 0 Å². The van der Waals surface area contributed by atoms with Gasteiger partial charge in [-0.05, 0) is 73.2 Å². The topological polar surface area (TPSA) is 64.8 Å². The summed E-state index contributed by atoms with van der Waals surface area (Å²) in [7, 11) is 3.24. The normalized spacial score (nSPS) is 14.5. The molecule has 2 N–H and O–H groups in total. The summed E-state index contributed by atoms with van der Waals surface area (Å²) in [6.07, 6.45) is 2.21. The number of ether oxygens (including phenoxy) is 2. The van der Waals surface area contributed by atoms with E-state index in [1.807, 2.05) is 31.2 Å². The van der Waals surface area contributed by atoms with Crippen molar-refractivity contribution < 1.29 is 14.3 Å². The maximum atomic E-state index is 13.1. The van der Waals surface area contributed by atoms with Gasteiger partial charge in [-0.2, -0.15) is 0 Å². The minimum atomic E-state index is -0.664. The highest BCUT2D eigenvalue weighted by molar-refractivity contribution is 6.31. The number of halogens is 1. The SMILES string of the molecule is COc1cc(C)c(CC(N)C(=O)N2CCCc3cc(OC)ccc32)c(Cl)c1. The molecule has 0 saturated carbocycles. The summed E-state index contributed by atoms with van der Waals surface area (Å²) in [5.41, 5.74) is 10.2. The van der Waals surface area contributed by atoms with Crippen molar-refractivity contribution in [3.8, 4) is 11.5 Å². The summed E-state index contributed by atoms with van der Waals surface area (Å²) in [5.74, 6) is 1.40. The van der Waals surface area contributed by atoms with Gasteiger partial charge in [-0.25, -0.2) is 0 Å². The molecule has 144 valence electrons. The second-order valence-corrected chi connectivity index (χ2v) is 7.21. The van der Waals surface area contributed by atoms with E-state index in [2.05, 4.69) is 0 Å². The van der Waals surface area contributed by atoms with Crippen molar-refractivity contribution in [3.05, 3.63) is 52.0 Å². The van der Waals surface area contributed by atoms with Gasteiger partial charge in [0.15, 0.2) is 0 Å². The Hall–Kier alpha value is -2.24. The first-order chi connectivity index (χ1) is 12.9. The lowest BCUT2D eigenvalue weighted by atomic mass is 9.97. The number of methoxy groups -OCH3 is 2. The van der Waals surface area contributed by atoms with E-state index in [1.54, 1.807) is 25.2 Å². The maximum Gasteiger partial charge on any atom is 0.244 e. The van der Waals surface area contributed by atoms with Crippen LogP contribution in [-0.2, 0) is 17.6 Å². The van der Waals surface area contributed by atoms with Crippen LogP contribution in [0.1, 0.15) is 23.1 Å². The molecule has 1 heterocycles. The minimum Gasteiger partial charge on any atom is -0.497 e. The van der Waals surface area contributed by atoms with Crippen LogP contribution < -0.4 is 20.1 Å². The zero-order valence-corrected chi connectivity index (χ0v) is 16.7. The molecule has 2 aromatic rings. The monoisotopic (exact) mass is 388 g/mol. The van der Waals surface area contributed by atoms with Crippen molar-refractivity contribution in [3.63, 3.8) is 0 Å². The molecule has 5 nitrogen and oxygen atoms in total. The molecule has 6 heteroatoms. The Balaban J connectivity index is 1.81. The number of benzene rings is 2. The first-order valence-corrected chi connectivity index (χ1v) is 9.39. The molecule has 1 amide bonds. The predicted octanol–water partition coefficient (Wildman–Crippen LogP) is 3.51. The average molecular weight is 389 g/mol. The van der Waals surface area contributed by atoms with Crippen LogP contribution in [0.5, 0.6) is 11.5 Å². The van der Waals surface area contributed by atoms with E-state index in [1.165, 1.54) is 0 Å². The van der Waals surface area contributed by atoms with Crippen molar-refractivity contribution in [2.24, 2.45) is 5.73 Å². The molecule has 2 aromatic carbocycles. The molecule has 0 bridgehead atoms. The summed E-state index contributed by atoms with van der Waals surface area (Å²) in [5, 5.41) is 0.568. The highest BCUT2D eigenvalue weighted by Gasteiger charge is 2.28. The molecule has 0 fully saturated rings. The van der Waals surface area contributed by atoms with Gasteiger partial charge in [-0.15, -0.1) is 0 Å². The number of rotatable bonds is 5. The third-order valence-electron chi connectivity index (χ3n) is 5.04. The van der Waals surface area contributed by atoms with Crippen molar-refractivity contribution >= 4 is 23.2 Å². The number of nitrogens with zero attached hydrogens (tertiary/aromatic N) is 1. The molecule has 1 atom stereocenters. The summed E-state index contributed by atoms with van der Waals surface area (Å²) in [4.78, 5) is 14.9. The lowest BCUT2D eigenvalue weighted by Crippen LogP contribution is -2.47. The molecule has 1 unspecified atom stereocenters. The van der Waals surface area contributed by atoms with E-state index in [0.717, 1.165) is 41.0 Å². The zero-order chi connectivity index (χ0) is 19.6. The Morgan fingerprint density at radius 1 is 1.22 bits per heavy atom. The highest BCUT2D eigenvalue weighted by Crippen LogP contribution is 2.32. The third-order valence-corrected chi connectivity index (χ3v) is 5.38. The number of fused-ring (bicyclic) bond motifs is 1. The van der Waals surface area contributed by atoms with Crippen LogP contribution in [0.25, 0.3) is 0 Å². The van der Waals surface area contributed by atoms with E-state index >= 15 is 0 Å². The van der Waals surface area contributed by atoms with E-state index in [4.69, 9.17) is 26.8 Å². The van der Waals surface area contributed by atoms with Gasteiger partial charge < -0.3 is 20.1 Å². The Kier molecular flexibility index (Phi) is 5.92. The summed E-state index contributed by atoms with van der Waals surface area (Å²) in [6, 6.07) is 8.79. The van der Waals surface area contributed by atoms with Gasteiger partial charge in [0.05, 0.1) is 20.3 Å². The fraction of sp³-hybridized carbons (Fsp3) is 0.381. The number of anilines is 1. The van der Waals surface area contributed by atoms with Crippen LogP contribution >= 0.6 is 11.6 Å². The summed E-state index contributed by atoms with van der Waals surface area (Å²) < 4.78 is 10.5. The van der Waals surface area contributed by atoms with E-state index in [0.29, 0.717) is 23.7 Å². The lowest BCUT2D eigenvalue weighted by molar-refractivity contribution is -0.119. The molecule has 1 aliphatic heterocycles. The minimum absolute atomic E-state index is 0.0904.